The molecule has 1 fully saturated rings. The highest BCUT2D eigenvalue weighted by atomic mass is 32.2. The van der Waals surface area contributed by atoms with Crippen molar-refractivity contribution in [1.29, 1.82) is 0 Å². The van der Waals surface area contributed by atoms with E-state index in [0.717, 1.165) is 37.2 Å². The minimum atomic E-state index is -0.795. The molecular formula is C23H17N3OS2. The number of hydrogen-bond donors (Lipinski definition) is 1. The summed E-state index contributed by atoms with van der Waals surface area (Å²) in [5.74, 6) is 0. The number of hydrogen-bond acceptors (Lipinski definition) is 5. The molecule has 142 valence electrons. The number of para-hydroxylation sites is 2. The minimum absolute atomic E-state index is 0.746. The van der Waals surface area contributed by atoms with Gasteiger partial charge in [-0.05, 0) is 48.0 Å². The summed E-state index contributed by atoms with van der Waals surface area (Å²) in [4.78, 5) is 11.9. The van der Waals surface area contributed by atoms with E-state index in [1.165, 1.54) is 11.8 Å². The lowest BCUT2D eigenvalue weighted by molar-refractivity contribution is 0.233. The summed E-state index contributed by atoms with van der Waals surface area (Å²) < 4.78 is 1.16. The van der Waals surface area contributed by atoms with Crippen molar-refractivity contribution >= 4 is 55.9 Å². The van der Waals surface area contributed by atoms with Gasteiger partial charge in [0.25, 0.3) is 0 Å². The fourth-order valence-electron chi connectivity index (χ4n) is 3.20. The SMILES string of the molecule is OC1/C(=C/c2ccc3scnc3c2)S/C(=N\c2ccccc2)N1c1ccccc1. The molecule has 4 nitrogen and oxygen atoms in total. The molecule has 0 amide bonds. The number of aliphatic hydroxyl groups excluding tert-OH is 1. The van der Waals surface area contributed by atoms with Crippen LogP contribution in [0.4, 0.5) is 11.4 Å². The summed E-state index contributed by atoms with van der Waals surface area (Å²) in [7, 11) is 0. The van der Waals surface area contributed by atoms with Crippen LogP contribution in [0.15, 0.2) is 94.3 Å². The molecular weight excluding hydrogens is 398 g/mol. The molecule has 1 aliphatic heterocycles. The van der Waals surface area contributed by atoms with Crippen LogP contribution >= 0.6 is 23.1 Å². The van der Waals surface area contributed by atoms with Gasteiger partial charge in [0.05, 0.1) is 21.4 Å². The molecule has 0 radical (unpaired) electrons. The van der Waals surface area contributed by atoms with Gasteiger partial charge in [0, 0.05) is 10.6 Å². The first kappa shape index (κ1) is 18.1. The third-order valence-corrected chi connectivity index (χ3v) is 6.44. The van der Waals surface area contributed by atoms with E-state index in [4.69, 9.17) is 4.99 Å². The molecule has 1 aliphatic rings. The van der Waals surface area contributed by atoms with E-state index in [1.807, 2.05) is 83.2 Å². The molecule has 1 aromatic heterocycles. The topological polar surface area (TPSA) is 48.7 Å². The number of thiazole rings is 1. The Kier molecular flexibility index (Phi) is 4.89. The van der Waals surface area contributed by atoms with E-state index < -0.39 is 6.23 Å². The first-order valence-electron chi connectivity index (χ1n) is 9.17. The summed E-state index contributed by atoms with van der Waals surface area (Å²) in [6.07, 6.45) is 1.22. The molecule has 3 aromatic carbocycles. The predicted octanol–water partition coefficient (Wildman–Crippen LogP) is 5.90. The lowest BCUT2D eigenvalue weighted by Crippen LogP contribution is -2.32. The molecule has 2 heterocycles. The summed E-state index contributed by atoms with van der Waals surface area (Å²) in [5, 5.41) is 11.9. The maximum absolute atomic E-state index is 11.1. The van der Waals surface area contributed by atoms with Crippen molar-refractivity contribution in [3.8, 4) is 0 Å². The quantitative estimate of drug-likeness (QED) is 0.453. The lowest BCUT2D eigenvalue weighted by atomic mass is 10.2. The fraction of sp³-hybridized carbons (Fsp3) is 0.0435. The molecule has 1 atom stereocenters. The predicted molar refractivity (Wildman–Crippen MR) is 124 cm³/mol. The molecule has 0 bridgehead atoms. The van der Waals surface area contributed by atoms with Gasteiger partial charge < -0.3 is 5.11 Å². The highest BCUT2D eigenvalue weighted by Gasteiger charge is 2.34. The van der Waals surface area contributed by atoms with Crippen molar-refractivity contribution in [2.45, 2.75) is 6.23 Å². The second-order valence-electron chi connectivity index (χ2n) is 6.54. The summed E-state index contributed by atoms with van der Waals surface area (Å²) >= 11 is 3.11. The number of aromatic nitrogens is 1. The van der Waals surface area contributed by atoms with Crippen molar-refractivity contribution in [3.05, 3.63) is 94.8 Å². The van der Waals surface area contributed by atoms with Gasteiger partial charge in [-0.1, -0.05) is 54.2 Å². The number of aliphatic imine (C=N–C) groups is 1. The van der Waals surface area contributed by atoms with Crippen LogP contribution in [0.3, 0.4) is 0 Å². The van der Waals surface area contributed by atoms with E-state index in [0.29, 0.717) is 0 Å². The van der Waals surface area contributed by atoms with Crippen molar-refractivity contribution in [3.63, 3.8) is 0 Å². The molecule has 0 spiro atoms. The van der Waals surface area contributed by atoms with Crippen LogP contribution in [0, 0.1) is 0 Å². The zero-order valence-electron chi connectivity index (χ0n) is 15.3. The number of thioether (sulfide) groups is 1. The molecule has 1 unspecified atom stereocenters. The average molecular weight is 416 g/mol. The molecule has 29 heavy (non-hydrogen) atoms. The van der Waals surface area contributed by atoms with Crippen LogP contribution in [-0.2, 0) is 0 Å². The van der Waals surface area contributed by atoms with Crippen molar-refractivity contribution in [2.75, 3.05) is 4.90 Å². The number of rotatable bonds is 3. The Labute approximate surface area is 176 Å². The summed E-state index contributed by atoms with van der Waals surface area (Å²) in [6, 6.07) is 25.8. The zero-order valence-corrected chi connectivity index (χ0v) is 17.0. The Morgan fingerprint density at radius 1 is 0.966 bits per heavy atom. The van der Waals surface area contributed by atoms with E-state index in [-0.39, 0.29) is 0 Å². The van der Waals surface area contributed by atoms with Gasteiger partial charge in [0.15, 0.2) is 11.4 Å². The Bertz CT molecular complexity index is 1200. The largest absolute Gasteiger partial charge is 0.368 e. The maximum atomic E-state index is 11.1. The smallest absolute Gasteiger partial charge is 0.176 e. The molecule has 6 heteroatoms. The van der Waals surface area contributed by atoms with Gasteiger partial charge in [-0.25, -0.2) is 9.98 Å². The van der Waals surface area contributed by atoms with Crippen LogP contribution < -0.4 is 4.90 Å². The van der Waals surface area contributed by atoms with Crippen LogP contribution in [0.2, 0.25) is 0 Å². The molecule has 0 aliphatic carbocycles. The van der Waals surface area contributed by atoms with Crippen LogP contribution in [-0.4, -0.2) is 21.5 Å². The third-order valence-electron chi connectivity index (χ3n) is 4.59. The molecule has 0 saturated carbocycles. The number of anilines is 1. The molecule has 1 saturated heterocycles. The van der Waals surface area contributed by atoms with E-state index in [1.54, 1.807) is 11.3 Å². The average Bonchev–Trinajstić information content (AvgIpc) is 3.34. The van der Waals surface area contributed by atoms with Crippen molar-refractivity contribution in [1.82, 2.24) is 4.98 Å². The lowest BCUT2D eigenvalue weighted by Gasteiger charge is -2.22. The Balaban J connectivity index is 1.56. The minimum Gasteiger partial charge on any atom is -0.368 e. The highest BCUT2D eigenvalue weighted by Crippen LogP contribution is 2.40. The second kappa shape index (κ2) is 7.83. The third kappa shape index (κ3) is 3.70. The fourth-order valence-corrected chi connectivity index (χ4v) is 4.93. The monoisotopic (exact) mass is 415 g/mol. The first-order chi connectivity index (χ1) is 14.3. The van der Waals surface area contributed by atoms with Crippen LogP contribution in [0.25, 0.3) is 16.3 Å². The summed E-state index contributed by atoms with van der Waals surface area (Å²) in [5.41, 5.74) is 5.59. The number of fused-ring (bicyclic) bond motifs is 1. The van der Waals surface area contributed by atoms with E-state index in [9.17, 15) is 5.11 Å². The number of benzene rings is 3. The summed E-state index contributed by atoms with van der Waals surface area (Å²) in [6.45, 7) is 0. The number of aliphatic hydroxyl groups is 1. The molecule has 1 N–H and O–H groups in total. The van der Waals surface area contributed by atoms with Gasteiger partial charge in [-0.15, -0.1) is 11.3 Å². The molecule has 4 aromatic rings. The van der Waals surface area contributed by atoms with Crippen molar-refractivity contribution < 1.29 is 5.11 Å². The normalized spacial score (nSPS) is 19.5. The highest BCUT2D eigenvalue weighted by molar-refractivity contribution is 8.18. The van der Waals surface area contributed by atoms with E-state index in [2.05, 4.69) is 17.1 Å². The second-order valence-corrected chi connectivity index (χ2v) is 8.46. The standard InChI is InChI=1S/C23H17N3OS2/c27-22-21(14-16-11-12-20-19(13-16)24-15-28-20)29-23(25-17-7-3-1-4-8-17)26(22)18-9-5-2-6-10-18/h1-15,22,27H/b21-14-,25-23-. The van der Waals surface area contributed by atoms with Crippen LogP contribution in [0.5, 0.6) is 0 Å². The van der Waals surface area contributed by atoms with E-state index >= 15 is 0 Å². The first-order valence-corrected chi connectivity index (χ1v) is 10.9. The van der Waals surface area contributed by atoms with Crippen molar-refractivity contribution in [2.24, 2.45) is 4.99 Å². The van der Waals surface area contributed by atoms with Gasteiger partial charge in [-0.3, -0.25) is 4.90 Å². The van der Waals surface area contributed by atoms with Gasteiger partial charge in [0.1, 0.15) is 0 Å². The Hall–Kier alpha value is -2.93. The van der Waals surface area contributed by atoms with Crippen LogP contribution in [0.1, 0.15) is 5.56 Å². The van der Waals surface area contributed by atoms with Gasteiger partial charge >= 0.3 is 0 Å². The Morgan fingerprint density at radius 3 is 2.52 bits per heavy atom. The zero-order chi connectivity index (χ0) is 19.6. The molecule has 5 rings (SSSR count). The number of amidine groups is 1. The Morgan fingerprint density at radius 2 is 1.72 bits per heavy atom. The maximum Gasteiger partial charge on any atom is 0.176 e. The van der Waals surface area contributed by atoms with Gasteiger partial charge in [-0.2, -0.15) is 0 Å². The van der Waals surface area contributed by atoms with Gasteiger partial charge in [0.2, 0.25) is 0 Å². The number of nitrogens with zero attached hydrogens (tertiary/aromatic N) is 3.